The number of halogens is 2. The van der Waals surface area contributed by atoms with E-state index in [4.69, 9.17) is 23.2 Å². The van der Waals surface area contributed by atoms with Crippen molar-refractivity contribution in [2.24, 2.45) is 10.2 Å². The zero-order valence-electron chi connectivity index (χ0n) is 12.4. The molecule has 25 heavy (non-hydrogen) atoms. The Bertz CT molecular complexity index is 1040. The molecule has 1 heterocycles. The summed E-state index contributed by atoms with van der Waals surface area (Å²) in [6, 6.07) is 10.5. The van der Waals surface area contributed by atoms with Crippen LogP contribution >= 0.6 is 23.2 Å². The van der Waals surface area contributed by atoms with Gasteiger partial charge in [0.25, 0.3) is 11.2 Å². The van der Waals surface area contributed by atoms with Gasteiger partial charge in [0.15, 0.2) is 5.69 Å². The highest BCUT2D eigenvalue weighted by Gasteiger charge is 2.14. The van der Waals surface area contributed by atoms with E-state index in [0.29, 0.717) is 21.3 Å². The molecule has 0 aliphatic heterocycles. The summed E-state index contributed by atoms with van der Waals surface area (Å²) in [4.78, 5) is 22.3. The Morgan fingerprint density at radius 3 is 2.52 bits per heavy atom. The molecule has 1 aromatic heterocycles. The van der Waals surface area contributed by atoms with Crippen LogP contribution in [0.3, 0.4) is 0 Å². The molecule has 0 atom stereocenters. The van der Waals surface area contributed by atoms with E-state index >= 15 is 0 Å². The lowest BCUT2D eigenvalue weighted by Gasteiger charge is -1.99. The molecule has 0 fully saturated rings. The quantitative estimate of drug-likeness (QED) is 0.378. The van der Waals surface area contributed by atoms with Crippen molar-refractivity contribution in [1.29, 1.82) is 0 Å². The zero-order chi connectivity index (χ0) is 18.0. The number of hydrogen-bond donors (Lipinski definition) is 2. The average molecular weight is 378 g/mol. The Kier molecular flexibility index (Phi) is 4.64. The topological polar surface area (TPSA) is 117 Å². The van der Waals surface area contributed by atoms with Crippen molar-refractivity contribution in [2.75, 3.05) is 0 Å². The first kappa shape index (κ1) is 16.9. The number of benzene rings is 2. The Hall–Kier alpha value is -2.97. The van der Waals surface area contributed by atoms with Gasteiger partial charge in [-0.15, -0.1) is 5.11 Å². The summed E-state index contributed by atoms with van der Waals surface area (Å²) >= 11 is 11.7. The molecule has 0 aliphatic carbocycles. The van der Waals surface area contributed by atoms with Crippen molar-refractivity contribution in [2.45, 2.75) is 0 Å². The number of non-ortho nitro benzene ring substituents is 1. The second kappa shape index (κ2) is 6.88. The lowest BCUT2D eigenvalue weighted by Crippen LogP contribution is -1.96. The van der Waals surface area contributed by atoms with Crippen LogP contribution < -0.4 is 5.56 Å². The minimum absolute atomic E-state index is 0.00781. The number of nitrogens with one attached hydrogen (secondary N) is 2. The van der Waals surface area contributed by atoms with E-state index in [1.165, 1.54) is 24.3 Å². The molecule has 0 bridgehead atoms. The molecule has 0 radical (unpaired) electrons. The van der Waals surface area contributed by atoms with Crippen LogP contribution in [0.5, 0.6) is 0 Å². The fourth-order valence-corrected chi connectivity index (χ4v) is 2.38. The number of nitro groups is 1. The SMILES string of the molecule is O=c1[nH][nH]c(-c2cccc([N+](=O)[O-])c2)c1N=Nc1ccc(Cl)c(Cl)c1. The molecular weight excluding hydrogens is 369 g/mol. The lowest BCUT2D eigenvalue weighted by molar-refractivity contribution is -0.384. The van der Waals surface area contributed by atoms with E-state index < -0.39 is 10.5 Å². The van der Waals surface area contributed by atoms with Crippen LogP contribution in [-0.2, 0) is 0 Å². The molecule has 0 saturated heterocycles. The number of aromatic amines is 2. The molecule has 0 saturated carbocycles. The first-order valence-corrected chi connectivity index (χ1v) is 7.63. The third kappa shape index (κ3) is 3.59. The number of rotatable bonds is 4. The van der Waals surface area contributed by atoms with E-state index in [2.05, 4.69) is 20.4 Å². The first-order valence-electron chi connectivity index (χ1n) is 6.88. The molecule has 0 spiro atoms. The predicted octanol–water partition coefficient (Wildman–Crippen LogP) is 5.00. The number of nitro benzene ring substituents is 1. The van der Waals surface area contributed by atoms with E-state index in [0.717, 1.165) is 0 Å². The van der Waals surface area contributed by atoms with Crippen molar-refractivity contribution in [1.82, 2.24) is 10.2 Å². The van der Waals surface area contributed by atoms with Crippen molar-refractivity contribution < 1.29 is 4.92 Å². The fourth-order valence-electron chi connectivity index (χ4n) is 2.09. The highest BCUT2D eigenvalue weighted by atomic mass is 35.5. The second-order valence-electron chi connectivity index (χ2n) is 4.91. The predicted molar refractivity (Wildman–Crippen MR) is 94.1 cm³/mol. The molecule has 10 heteroatoms. The lowest BCUT2D eigenvalue weighted by atomic mass is 10.1. The molecule has 3 aromatic rings. The molecule has 3 rings (SSSR count). The Balaban J connectivity index is 2.01. The van der Waals surface area contributed by atoms with Crippen molar-refractivity contribution in [3.63, 3.8) is 0 Å². The highest BCUT2D eigenvalue weighted by Crippen LogP contribution is 2.30. The number of nitrogens with zero attached hydrogens (tertiary/aromatic N) is 3. The summed E-state index contributed by atoms with van der Waals surface area (Å²) in [5.41, 5.74) is 0.497. The maximum atomic E-state index is 12.0. The zero-order valence-corrected chi connectivity index (χ0v) is 13.9. The van der Waals surface area contributed by atoms with Gasteiger partial charge in [-0.25, -0.2) is 0 Å². The van der Waals surface area contributed by atoms with Gasteiger partial charge in [-0.2, -0.15) is 5.11 Å². The maximum Gasteiger partial charge on any atom is 0.292 e. The highest BCUT2D eigenvalue weighted by molar-refractivity contribution is 6.42. The average Bonchev–Trinajstić information content (AvgIpc) is 2.97. The molecule has 0 unspecified atom stereocenters. The second-order valence-corrected chi connectivity index (χ2v) is 5.72. The van der Waals surface area contributed by atoms with Gasteiger partial charge in [0.05, 0.1) is 26.3 Å². The molecule has 2 aromatic carbocycles. The molecular formula is C15H9Cl2N5O3. The first-order chi connectivity index (χ1) is 12.0. The van der Waals surface area contributed by atoms with Crippen LogP contribution in [0.4, 0.5) is 17.1 Å². The number of H-pyrrole nitrogens is 2. The van der Waals surface area contributed by atoms with Gasteiger partial charge in [0.1, 0.15) is 0 Å². The van der Waals surface area contributed by atoms with Crippen LogP contribution in [0, 0.1) is 10.1 Å². The van der Waals surface area contributed by atoms with Crippen molar-refractivity contribution >= 4 is 40.3 Å². The van der Waals surface area contributed by atoms with Gasteiger partial charge < -0.3 is 0 Å². The van der Waals surface area contributed by atoms with Gasteiger partial charge in [0.2, 0.25) is 0 Å². The summed E-state index contributed by atoms with van der Waals surface area (Å²) in [6.45, 7) is 0. The minimum atomic E-state index is -0.523. The van der Waals surface area contributed by atoms with E-state index in [1.54, 1.807) is 18.2 Å². The van der Waals surface area contributed by atoms with Crippen LogP contribution in [0.1, 0.15) is 0 Å². The molecule has 2 N–H and O–H groups in total. The van der Waals surface area contributed by atoms with Crippen LogP contribution in [0.2, 0.25) is 10.0 Å². The molecule has 8 nitrogen and oxygen atoms in total. The van der Waals surface area contributed by atoms with Gasteiger partial charge in [-0.05, 0) is 18.2 Å². The van der Waals surface area contributed by atoms with Gasteiger partial charge in [-0.3, -0.25) is 25.1 Å². The standard InChI is InChI=1S/C15H9Cl2N5O3/c16-11-5-4-9(7-12(11)17)18-20-14-13(19-21-15(14)23)8-2-1-3-10(6-8)22(24)25/h1-7H,(H2,19,21,23). The third-order valence-electron chi connectivity index (χ3n) is 3.27. The van der Waals surface area contributed by atoms with Crippen molar-refractivity contribution in [3.8, 4) is 11.3 Å². The Labute approximate surface area is 150 Å². The summed E-state index contributed by atoms with van der Waals surface area (Å²) in [5, 5.41) is 24.5. The largest absolute Gasteiger partial charge is 0.295 e. The summed E-state index contributed by atoms with van der Waals surface area (Å²) in [7, 11) is 0. The van der Waals surface area contributed by atoms with Gasteiger partial charge in [-0.1, -0.05) is 35.3 Å². The van der Waals surface area contributed by atoms with Crippen LogP contribution in [0.25, 0.3) is 11.3 Å². The van der Waals surface area contributed by atoms with Gasteiger partial charge >= 0.3 is 0 Å². The number of azo groups is 1. The van der Waals surface area contributed by atoms with Gasteiger partial charge in [0, 0.05) is 17.7 Å². The van der Waals surface area contributed by atoms with E-state index in [1.807, 2.05) is 0 Å². The summed E-state index contributed by atoms with van der Waals surface area (Å²) in [6.07, 6.45) is 0. The third-order valence-corrected chi connectivity index (χ3v) is 4.01. The molecule has 126 valence electrons. The number of hydrogen-bond acceptors (Lipinski definition) is 5. The fraction of sp³-hybridized carbons (Fsp3) is 0. The molecule has 0 aliphatic rings. The molecule has 0 amide bonds. The van der Waals surface area contributed by atoms with E-state index in [-0.39, 0.29) is 17.1 Å². The summed E-state index contributed by atoms with van der Waals surface area (Å²) < 4.78 is 0. The monoisotopic (exact) mass is 377 g/mol. The number of aromatic nitrogens is 2. The smallest absolute Gasteiger partial charge is 0.292 e. The van der Waals surface area contributed by atoms with E-state index in [9.17, 15) is 14.9 Å². The Morgan fingerprint density at radius 2 is 1.80 bits per heavy atom. The summed E-state index contributed by atoms with van der Waals surface area (Å²) in [5.74, 6) is 0. The minimum Gasteiger partial charge on any atom is -0.295 e. The normalized spacial score (nSPS) is 11.1. The maximum absolute atomic E-state index is 12.0. The Morgan fingerprint density at radius 1 is 1.00 bits per heavy atom. The van der Waals surface area contributed by atoms with Crippen LogP contribution in [-0.4, -0.2) is 15.1 Å². The van der Waals surface area contributed by atoms with Crippen molar-refractivity contribution in [3.05, 3.63) is 73.0 Å². The van der Waals surface area contributed by atoms with Crippen LogP contribution in [0.15, 0.2) is 57.5 Å².